The van der Waals surface area contributed by atoms with E-state index in [-0.39, 0.29) is 12.5 Å². The third kappa shape index (κ3) is 4.75. The minimum atomic E-state index is -0.408. The minimum Gasteiger partial charge on any atom is -0.483 e. The van der Waals surface area contributed by atoms with Crippen molar-refractivity contribution in [2.75, 3.05) is 6.61 Å². The van der Waals surface area contributed by atoms with E-state index in [9.17, 15) is 4.79 Å². The number of hydrogen-bond donors (Lipinski definition) is 1. The summed E-state index contributed by atoms with van der Waals surface area (Å²) in [6.45, 7) is 9.50. The maximum atomic E-state index is 11.5. The second-order valence-electron chi connectivity index (χ2n) is 5.23. The molecule has 0 aliphatic carbocycles. The maximum Gasteiger partial charge on any atom is 0.281 e. The van der Waals surface area contributed by atoms with E-state index < -0.39 is 5.60 Å². The Labute approximate surface area is 108 Å². The van der Waals surface area contributed by atoms with E-state index >= 15 is 0 Å². The Balaban J connectivity index is 2.46. The summed E-state index contributed by atoms with van der Waals surface area (Å²) in [5, 5.41) is 0. The zero-order valence-electron chi connectivity index (χ0n) is 11.7. The van der Waals surface area contributed by atoms with Gasteiger partial charge in [0.2, 0.25) is 0 Å². The highest BCUT2D eigenvalue weighted by Gasteiger charge is 2.13. The highest BCUT2D eigenvalue weighted by atomic mass is 16.7. The Morgan fingerprint density at radius 1 is 1.28 bits per heavy atom. The first-order valence-electron chi connectivity index (χ1n) is 5.95. The van der Waals surface area contributed by atoms with Crippen molar-refractivity contribution in [3.05, 3.63) is 29.3 Å². The van der Waals surface area contributed by atoms with Crippen LogP contribution in [-0.4, -0.2) is 18.1 Å². The summed E-state index contributed by atoms with van der Waals surface area (Å²) in [6.07, 6.45) is 0. The van der Waals surface area contributed by atoms with Crippen LogP contribution in [0.2, 0.25) is 0 Å². The van der Waals surface area contributed by atoms with E-state index in [2.05, 4.69) is 5.48 Å². The molecule has 100 valence electrons. The fourth-order valence-corrected chi connectivity index (χ4v) is 1.26. The molecule has 18 heavy (non-hydrogen) atoms. The predicted octanol–water partition coefficient (Wildman–Crippen LogP) is 2.53. The molecule has 0 fully saturated rings. The monoisotopic (exact) mass is 251 g/mol. The van der Waals surface area contributed by atoms with Gasteiger partial charge < -0.3 is 4.74 Å². The Bertz CT molecular complexity index is 422. The molecular formula is C14H21NO3. The second-order valence-corrected chi connectivity index (χ2v) is 5.23. The van der Waals surface area contributed by atoms with Crippen LogP contribution >= 0.6 is 0 Å². The lowest BCUT2D eigenvalue weighted by Gasteiger charge is -2.19. The van der Waals surface area contributed by atoms with Gasteiger partial charge in [0, 0.05) is 0 Å². The van der Waals surface area contributed by atoms with Gasteiger partial charge in [0.1, 0.15) is 5.75 Å². The van der Waals surface area contributed by atoms with Crippen molar-refractivity contribution < 1.29 is 14.4 Å². The van der Waals surface area contributed by atoms with Crippen molar-refractivity contribution in [3.8, 4) is 5.75 Å². The first kappa shape index (κ1) is 14.5. The summed E-state index contributed by atoms with van der Waals surface area (Å²) >= 11 is 0. The van der Waals surface area contributed by atoms with Crippen LogP contribution in [0.1, 0.15) is 31.9 Å². The number of carbonyl (C=O) groups is 1. The van der Waals surface area contributed by atoms with Crippen molar-refractivity contribution >= 4 is 5.91 Å². The first-order chi connectivity index (χ1) is 8.29. The summed E-state index contributed by atoms with van der Waals surface area (Å²) in [6, 6.07) is 5.76. The van der Waals surface area contributed by atoms with Gasteiger partial charge in [0.05, 0.1) is 5.60 Å². The molecule has 0 aromatic heterocycles. The molecular weight excluding hydrogens is 230 g/mol. The summed E-state index contributed by atoms with van der Waals surface area (Å²) in [5.41, 5.74) is 4.14. The topological polar surface area (TPSA) is 47.6 Å². The van der Waals surface area contributed by atoms with Crippen LogP contribution in [0.15, 0.2) is 18.2 Å². The molecule has 0 aliphatic rings. The van der Waals surface area contributed by atoms with Gasteiger partial charge in [-0.15, -0.1) is 0 Å². The van der Waals surface area contributed by atoms with Gasteiger partial charge in [0.15, 0.2) is 6.61 Å². The second kappa shape index (κ2) is 5.87. The summed E-state index contributed by atoms with van der Waals surface area (Å²) in [4.78, 5) is 16.7. The molecule has 1 N–H and O–H groups in total. The molecule has 0 heterocycles. The molecule has 0 aliphatic heterocycles. The molecule has 0 unspecified atom stereocenters. The first-order valence-corrected chi connectivity index (χ1v) is 5.95. The molecule has 0 bridgehead atoms. The number of aryl methyl sites for hydroxylation is 1. The SMILES string of the molecule is Cc1cccc(OCC(=O)NOC(C)(C)C)c1C. The number of carbonyl (C=O) groups excluding carboxylic acids is 1. The van der Waals surface area contributed by atoms with Crippen molar-refractivity contribution in [2.24, 2.45) is 0 Å². The third-order valence-electron chi connectivity index (χ3n) is 2.38. The van der Waals surface area contributed by atoms with E-state index in [1.54, 1.807) is 0 Å². The average molecular weight is 251 g/mol. The predicted molar refractivity (Wildman–Crippen MR) is 70.4 cm³/mol. The van der Waals surface area contributed by atoms with Crippen LogP contribution in [0.5, 0.6) is 5.75 Å². The fourth-order valence-electron chi connectivity index (χ4n) is 1.26. The molecule has 0 saturated carbocycles. The van der Waals surface area contributed by atoms with Crippen LogP contribution in [0.3, 0.4) is 0 Å². The highest BCUT2D eigenvalue weighted by Crippen LogP contribution is 2.20. The Hall–Kier alpha value is -1.55. The number of ether oxygens (including phenoxy) is 1. The van der Waals surface area contributed by atoms with E-state index in [1.807, 2.05) is 52.8 Å². The van der Waals surface area contributed by atoms with Crippen LogP contribution in [0.25, 0.3) is 0 Å². The Kier molecular flexibility index (Phi) is 4.73. The van der Waals surface area contributed by atoms with Crippen molar-refractivity contribution in [3.63, 3.8) is 0 Å². The normalized spacial score (nSPS) is 11.2. The van der Waals surface area contributed by atoms with Gasteiger partial charge in [-0.2, -0.15) is 0 Å². The van der Waals surface area contributed by atoms with Crippen molar-refractivity contribution in [1.29, 1.82) is 0 Å². The van der Waals surface area contributed by atoms with Gasteiger partial charge in [0.25, 0.3) is 5.91 Å². The van der Waals surface area contributed by atoms with Gasteiger partial charge >= 0.3 is 0 Å². The van der Waals surface area contributed by atoms with Crippen molar-refractivity contribution in [1.82, 2.24) is 5.48 Å². The number of amides is 1. The number of benzene rings is 1. The van der Waals surface area contributed by atoms with Gasteiger partial charge in [-0.05, 0) is 51.8 Å². The number of hydrogen-bond acceptors (Lipinski definition) is 3. The molecule has 1 amide bonds. The van der Waals surface area contributed by atoms with Gasteiger partial charge in [-0.25, -0.2) is 5.48 Å². The number of hydroxylamine groups is 1. The van der Waals surface area contributed by atoms with Crippen LogP contribution in [-0.2, 0) is 9.63 Å². The summed E-state index contributed by atoms with van der Waals surface area (Å²) in [5.74, 6) is 0.423. The molecule has 0 spiro atoms. The van der Waals surface area contributed by atoms with Crippen LogP contribution < -0.4 is 10.2 Å². The molecule has 0 saturated heterocycles. The van der Waals surface area contributed by atoms with E-state index in [0.29, 0.717) is 0 Å². The zero-order valence-corrected chi connectivity index (χ0v) is 11.7. The lowest BCUT2D eigenvalue weighted by atomic mass is 10.1. The van der Waals surface area contributed by atoms with Crippen molar-refractivity contribution in [2.45, 2.75) is 40.2 Å². The largest absolute Gasteiger partial charge is 0.483 e. The van der Waals surface area contributed by atoms with Gasteiger partial charge in [-0.1, -0.05) is 12.1 Å². The standard InChI is InChI=1S/C14H21NO3/c1-10-7-6-8-12(11(10)2)17-9-13(16)15-18-14(3,4)5/h6-8H,9H2,1-5H3,(H,15,16). The quantitative estimate of drug-likeness (QED) is 0.836. The van der Waals surface area contributed by atoms with E-state index in [4.69, 9.17) is 9.57 Å². The zero-order chi connectivity index (χ0) is 13.8. The third-order valence-corrected chi connectivity index (χ3v) is 2.38. The Morgan fingerprint density at radius 2 is 1.94 bits per heavy atom. The van der Waals surface area contributed by atoms with Gasteiger partial charge in [-0.3, -0.25) is 9.63 Å². The molecule has 4 heteroatoms. The highest BCUT2D eigenvalue weighted by molar-refractivity contribution is 5.76. The van der Waals surface area contributed by atoms with Crippen LogP contribution in [0.4, 0.5) is 0 Å². The van der Waals surface area contributed by atoms with Crippen LogP contribution in [0, 0.1) is 13.8 Å². The molecule has 0 atom stereocenters. The molecule has 1 rings (SSSR count). The number of nitrogens with one attached hydrogen (secondary N) is 1. The molecule has 1 aromatic carbocycles. The number of rotatable bonds is 4. The smallest absolute Gasteiger partial charge is 0.281 e. The summed E-state index contributed by atoms with van der Waals surface area (Å²) < 4.78 is 5.45. The molecule has 4 nitrogen and oxygen atoms in total. The van der Waals surface area contributed by atoms with E-state index in [1.165, 1.54) is 0 Å². The fraction of sp³-hybridized carbons (Fsp3) is 0.500. The van der Waals surface area contributed by atoms with E-state index in [0.717, 1.165) is 16.9 Å². The molecule has 0 radical (unpaired) electrons. The maximum absolute atomic E-state index is 11.5. The average Bonchev–Trinajstić information content (AvgIpc) is 2.27. The minimum absolute atomic E-state index is 0.0552. The Morgan fingerprint density at radius 3 is 2.56 bits per heavy atom. The molecule has 1 aromatic rings. The lowest BCUT2D eigenvalue weighted by Crippen LogP contribution is -2.36. The lowest BCUT2D eigenvalue weighted by molar-refractivity contribution is -0.147. The summed E-state index contributed by atoms with van der Waals surface area (Å²) in [7, 11) is 0.